The number of nitrogens with zero attached hydrogens (tertiary/aromatic N) is 1. The highest BCUT2D eigenvalue weighted by molar-refractivity contribution is 5.64. The molecule has 1 unspecified atom stereocenters. The SMILES string of the molecule is CC(CN1CC(c2ccccc2)C1)NC(=O)O. The fraction of sp³-hybridized carbons (Fsp3) is 0.462. The zero-order valence-electron chi connectivity index (χ0n) is 9.97. The molecule has 0 radical (unpaired) electrons. The Morgan fingerprint density at radius 3 is 2.71 bits per heavy atom. The van der Waals surface area contributed by atoms with Gasteiger partial charge in [-0.05, 0) is 12.5 Å². The van der Waals surface area contributed by atoms with E-state index in [9.17, 15) is 4.79 Å². The van der Waals surface area contributed by atoms with E-state index in [1.165, 1.54) is 5.56 Å². The van der Waals surface area contributed by atoms with Gasteiger partial charge in [-0.25, -0.2) is 4.79 Å². The number of amides is 1. The number of rotatable bonds is 4. The molecule has 1 heterocycles. The second-order valence-electron chi connectivity index (χ2n) is 4.68. The van der Waals surface area contributed by atoms with Gasteiger partial charge in [0, 0.05) is 31.6 Å². The van der Waals surface area contributed by atoms with Crippen LogP contribution in [0.15, 0.2) is 30.3 Å². The second kappa shape index (κ2) is 5.19. The lowest BCUT2D eigenvalue weighted by molar-refractivity contribution is 0.131. The Balaban J connectivity index is 1.74. The summed E-state index contributed by atoms with van der Waals surface area (Å²) in [5.41, 5.74) is 1.38. The summed E-state index contributed by atoms with van der Waals surface area (Å²) in [6, 6.07) is 10.4. The van der Waals surface area contributed by atoms with Crippen molar-refractivity contribution >= 4 is 6.09 Å². The van der Waals surface area contributed by atoms with Gasteiger partial charge in [-0.15, -0.1) is 0 Å². The van der Waals surface area contributed by atoms with Crippen LogP contribution in [0.4, 0.5) is 4.79 Å². The smallest absolute Gasteiger partial charge is 0.404 e. The molecule has 1 aromatic rings. The Kier molecular flexibility index (Phi) is 3.64. The van der Waals surface area contributed by atoms with Crippen molar-refractivity contribution < 1.29 is 9.90 Å². The first-order chi connectivity index (χ1) is 8.15. The van der Waals surface area contributed by atoms with Gasteiger partial charge in [0.15, 0.2) is 0 Å². The highest BCUT2D eigenvalue weighted by Gasteiger charge is 2.28. The Hall–Kier alpha value is -1.55. The topological polar surface area (TPSA) is 52.6 Å². The molecule has 1 aliphatic rings. The van der Waals surface area contributed by atoms with Crippen LogP contribution in [0.3, 0.4) is 0 Å². The fourth-order valence-electron chi connectivity index (χ4n) is 2.30. The van der Waals surface area contributed by atoms with Gasteiger partial charge in [0.25, 0.3) is 0 Å². The Morgan fingerprint density at radius 1 is 1.47 bits per heavy atom. The Labute approximate surface area is 101 Å². The minimum atomic E-state index is -0.947. The lowest BCUT2D eigenvalue weighted by Gasteiger charge is -2.40. The maximum absolute atomic E-state index is 10.5. The van der Waals surface area contributed by atoms with Crippen molar-refractivity contribution in [3.8, 4) is 0 Å². The van der Waals surface area contributed by atoms with Gasteiger partial charge in [-0.1, -0.05) is 30.3 Å². The molecule has 2 rings (SSSR count). The number of benzene rings is 1. The van der Waals surface area contributed by atoms with Crippen LogP contribution in [-0.2, 0) is 0 Å². The summed E-state index contributed by atoms with van der Waals surface area (Å²) in [5.74, 6) is 0.605. The van der Waals surface area contributed by atoms with Crippen molar-refractivity contribution in [1.82, 2.24) is 10.2 Å². The molecular weight excluding hydrogens is 216 g/mol. The van der Waals surface area contributed by atoms with Gasteiger partial charge < -0.3 is 10.4 Å². The molecule has 0 bridgehead atoms. The normalized spacial score (nSPS) is 18.4. The Bertz CT molecular complexity index is 374. The van der Waals surface area contributed by atoms with Gasteiger partial charge >= 0.3 is 6.09 Å². The van der Waals surface area contributed by atoms with E-state index >= 15 is 0 Å². The largest absolute Gasteiger partial charge is 0.465 e. The van der Waals surface area contributed by atoms with Gasteiger partial charge in [-0.3, -0.25) is 4.90 Å². The first-order valence-corrected chi connectivity index (χ1v) is 5.92. The molecule has 92 valence electrons. The molecule has 4 heteroatoms. The average molecular weight is 234 g/mol. The second-order valence-corrected chi connectivity index (χ2v) is 4.68. The highest BCUT2D eigenvalue weighted by atomic mass is 16.4. The van der Waals surface area contributed by atoms with Crippen molar-refractivity contribution in [2.24, 2.45) is 0 Å². The van der Waals surface area contributed by atoms with Crippen molar-refractivity contribution in [3.63, 3.8) is 0 Å². The summed E-state index contributed by atoms with van der Waals surface area (Å²) in [6.07, 6.45) is -0.947. The molecule has 0 saturated carbocycles. The van der Waals surface area contributed by atoms with Crippen LogP contribution in [0.2, 0.25) is 0 Å². The van der Waals surface area contributed by atoms with Gasteiger partial charge in [0.2, 0.25) is 0 Å². The molecule has 1 amide bonds. The predicted molar refractivity (Wildman–Crippen MR) is 66.2 cm³/mol. The van der Waals surface area contributed by atoms with Crippen LogP contribution in [0.1, 0.15) is 18.4 Å². The Morgan fingerprint density at radius 2 is 2.12 bits per heavy atom. The predicted octanol–water partition coefficient (Wildman–Crippen LogP) is 1.74. The standard InChI is InChI=1S/C13H18N2O2/c1-10(14-13(16)17)7-15-8-12(9-15)11-5-3-2-4-6-11/h2-6,10,12,14H,7-9H2,1H3,(H,16,17). The van der Waals surface area contributed by atoms with Gasteiger partial charge in [-0.2, -0.15) is 0 Å². The highest BCUT2D eigenvalue weighted by Crippen LogP contribution is 2.26. The van der Waals surface area contributed by atoms with Crippen molar-refractivity contribution in [3.05, 3.63) is 35.9 Å². The summed E-state index contributed by atoms with van der Waals surface area (Å²) in [7, 11) is 0. The molecule has 1 fully saturated rings. The van der Waals surface area contributed by atoms with Gasteiger partial charge in [0.1, 0.15) is 0 Å². The van der Waals surface area contributed by atoms with E-state index < -0.39 is 6.09 Å². The van der Waals surface area contributed by atoms with E-state index in [4.69, 9.17) is 5.11 Å². The lowest BCUT2D eigenvalue weighted by atomic mass is 9.91. The molecule has 2 N–H and O–H groups in total. The third-order valence-electron chi connectivity index (χ3n) is 3.13. The maximum atomic E-state index is 10.5. The number of carbonyl (C=O) groups is 1. The summed E-state index contributed by atoms with van der Waals surface area (Å²) >= 11 is 0. The molecule has 0 aromatic heterocycles. The van der Waals surface area contributed by atoms with E-state index in [0.29, 0.717) is 5.92 Å². The third-order valence-corrected chi connectivity index (χ3v) is 3.13. The van der Waals surface area contributed by atoms with Crippen LogP contribution in [0.25, 0.3) is 0 Å². The van der Waals surface area contributed by atoms with E-state index in [0.717, 1.165) is 19.6 Å². The molecular formula is C13H18N2O2. The maximum Gasteiger partial charge on any atom is 0.404 e. The van der Waals surface area contributed by atoms with Crippen molar-refractivity contribution in [2.45, 2.75) is 18.9 Å². The zero-order chi connectivity index (χ0) is 12.3. The minimum Gasteiger partial charge on any atom is -0.465 e. The lowest BCUT2D eigenvalue weighted by Crippen LogP contribution is -2.51. The summed E-state index contributed by atoms with van der Waals surface area (Å²) < 4.78 is 0. The first kappa shape index (κ1) is 11.9. The summed E-state index contributed by atoms with van der Waals surface area (Å²) in [4.78, 5) is 12.7. The monoisotopic (exact) mass is 234 g/mol. The van der Waals surface area contributed by atoms with Crippen LogP contribution in [0, 0.1) is 0 Å². The quantitative estimate of drug-likeness (QED) is 0.834. The third kappa shape index (κ3) is 3.20. The average Bonchev–Trinajstić information content (AvgIpc) is 2.23. The molecule has 0 spiro atoms. The van der Waals surface area contributed by atoms with Crippen LogP contribution < -0.4 is 5.32 Å². The molecule has 17 heavy (non-hydrogen) atoms. The number of likely N-dealkylation sites (tertiary alicyclic amines) is 1. The number of hydrogen-bond acceptors (Lipinski definition) is 2. The van der Waals surface area contributed by atoms with Crippen molar-refractivity contribution in [1.29, 1.82) is 0 Å². The van der Waals surface area contributed by atoms with Crippen LogP contribution in [0.5, 0.6) is 0 Å². The minimum absolute atomic E-state index is 0.00998. The van der Waals surface area contributed by atoms with E-state index in [-0.39, 0.29) is 6.04 Å². The summed E-state index contributed by atoms with van der Waals surface area (Å²) in [5, 5.41) is 11.1. The van der Waals surface area contributed by atoms with E-state index in [1.54, 1.807) is 0 Å². The number of nitrogens with one attached hydrogen (secondary N) is 1. The molecule has 1 saturated heterocycles. The fourth-order valence-corrected chi connectivity index (χ4v) is 2.30. The van der Waals surface area contributed by atoms with Gasteiger partial charge in [0.05, 0.1) is 0 Å². The van der Waals surface area contributed by atoms with E-state index in [1.807, 2.05) is 13.0 Å². The zero-order valence-corrected chi connectivity index (χ0v) is 9.97. The molecule has 1 aromatic carbocycles. The summed E-state index contributed by atoms with van der Waals surface area (Å²) in [6.45, 7) is 4.73. The van der Waals surface area contributed by atoms with Crippen LogP contribution >= 0.6 is 0 Å². The molecule has 1 atom stereocenters. The van der Waals surface area contributed by atoms with Crippen molar-refractivity contribution in [2.75, 3.05) is 19.6 Å². The molecule has 1 aliphatic heterocycles. The number of hydrogen-bond donors (Lipinski definition) is 2. The molecule has 4 nitrogen and oxygen atoms in total. The molecule has 0 aliphatic carbocycles. The first-order valence-electron chi connectivity index (χ1n) is 5.92. The van der Waals surface area contributed by atoms with E-state index in [2.05, 4.69) is 34.5 Å². The van der Waals surface area contributed by atoms with Crippen LogP contribution in [-0.4, -0.2) is 41.8 Å². The number of carboxylic acid groups (broad SMARTS) is 1.